The van der Waals surface area contributed by atoms with Crippen LogP contribution < -0.4 is 0 Å². The molecular formula is C14H9FN4O2. The summed E-state index contributed by atoms with van der Waals surface area (Å²) in [6.07, 6.45) is 0. The Labute approximate surface area is 118 Å². The summed E-state index contributed by atoms with van der Waals surface area (Å²) in [5.41, 5.74) is 0.641. The first-order valence-corrected chi connectivity index (χ1v) is 6.04. The number of aromatic nitrogens is 4. The van der Waals surface area contributed by atoms with Gasteiger partial charge in [-0.1, -0.05) is 30.3 Å². The number of hydrogen-bond donors (Lipinski definition) is 1. The molecule has 7 heteroatoms. The van der Waals surface area contributed by atoms with Crippen molar-refractivity contribution >= 4 is 5.97 Å². The summed E-state index contributed by atoms with van der Waals surface area (Å²) in [6.45, 7) is 0. The number of halogens is 1. The second-order valence-corrected chi connectivity index (χ2v) is 4.25. The first-order chi connectivity index (χ1) is 10.2. The van der Waals surface area contributed by atoms with Crippen molar-refractivity contribution in [3.8, 4) is 17.1 Å². The number of benzene rings is 2. The number of carboxylic acids is 1. The van der Waals surface area contributed by atoms with E-state index in [1.54, 1.807) is 24.3 Å². The highest BCUT2D eigenvalue weighted by atomic mass is 19.1. The van der Waals surface area contributed by atoms with Crippen molar-refractivity contribution < 1.29 is 14.3 Å². The molecule has 0 aliphatic heterocycles. The van der Waals surface area contributed by atoms with E-state index in [1.165, 1.54) is 16.8 Å². The van der Waals surface area contributed by atoms with Gasteiger partial charge in [-0.15, -0.1) is 5.10 Å². The van der Waals surface area contributed by atoms with Crippen LogP contribution in [0.25, 0.3) is 17.1 Å². The van der Waals surface area contributed by atoms with Gasteiger partial charge >= 0.3 is 5.97 Å². The predicted molar refractivity (Wildman–Crippen MR) is 71.5 cm³/mol. The molecule has 1 heterocycles. The molecule has 21 heavy (non-hydrogen) atoms. The molecule has 6 nitrogen and oxygen atoms in total. The van der Waals surface area contributed by atoms with Crippen molar-refractivity contribution in [2.75, 3.05) is 0 Å². The molecular weight excluding hydrogens is 275 g/mol. The topological polar surface area (TPSA) is 80.9 Å². The zero-order valence-corrected chi connectivity index (χ0v) is 10.6. The molecule has 104 valence electrons. The van der Waals surface area contributed by atoms with E-state index in [0.29, 0.717) is 11.4 Å². The van der Waals surface area contributed by atoms with Crippen molar-refractivity contribution in [2.24, 2.45) is 0 Å². The summed E-state index contributed by atoms with van der Waals surface area (Å²) in [7, 11) is 0. The summed E-state index contributed by atoms with van der Waals surface area (Å²) in [5, 5.41) is 20.2. The standard InChI is InChI=1S/C14H9FN4O2/c15-11-7-6-10(14(20)21)8-12(11)19-13(16-17-18-19)9-4-2-1-3-5-9/h1-8H,(H,20,21). The third kappa shape index (κ3) is 2.36. The first kappa shape index (κ1) is 12.9. The molecule has 2 aromatic carbocycles. The Morgan fingerprint density at radius 3 is 2.62 bits per heavy atom. The minimum Gasteiger partial charge on any atom is -0.478 e. The molecule has 0 spiro atoms. The van der Waals surface area contributed by atoms with E-state index in [4.69, 9.17) is 5.11 Å². The van der Waals surface area contributed by atoms with Crippen LogP contribution >= 0.6 is 0 Å². The van der Waals surface area contributed by atoms with Crippen LogP contribution in [0, 0.1) is 5.82 Å². The van der Waals surface area contributed by atoms with Crippen LogP contribution in [-0.4, -0.2) is 31.3 Å². The maximum atomic E-state index is 14.0. The lowest BCUT2D eigenvalue weighted by Crippen LogP contribution is -2.05. The van der Waals surface area contributed by atoms with Crippen molar-refractivity contribution in [1.29, 1.82) is 0 Å². The number of nitrogens with zero attached hydrogens (tertiary/aromatic N) is 4. The minimum absolute atomic E-state index is 0.0150. The lowest BCUT2D eigenvalue weighted by atomic mass is 10.1. The van der Waals surface area contributed by atoms with E-state index in [-0.39, 0.29) is 11.3 Å². The lowest BCUT2D eigenvalue weighted by Gasteiger charge is -2.06. The molecule has 0 bridgehead atoms. The van der Waals surface area contributed by atoms with Crippen LogP contribution in [0.4, 0.5) is 4.39 Å². The largest absolute Gasteiger partial charge is 0.478 e. The molecule has 0 saturated carbocycles. The number of hydrogen-bond acceptors (Lipinski definition) is 4. The number of aromatic carboxylic acids is 1. The van der Waals surface area contributed by atoms with Gasteiger partial charge in [0.25, 0.3) is 0 Å². The Hall–Kier alpha value is -3.09. The highest BCUT2D eigenvalue weighted by Crippen LogP contribution is 2.21. The Morgan fingerprint density at radius 1 is 1.14 bits per heavy atom. The van der Waals surface area contributed by atoms with Crippen molar-refractivity contribution in [3.63, 3.8) is 0 Å². The maximum Gasteiger partial charge on any atom is 0.335 e. The van der Waals surface area contributed by atoms with Gasteiger partial charge in [0.05, 0.1) is 5.56 Å². The zero-order valence-electron chi connectivity index (χ0n) is 10.6. The zero-order chi connectivity index (χ0) is 14.8. The highest BCUT2D eigenvalue weighted by molar-refractivity contribution is 5.88. The Kier molecular flexibility index (Phi) is 3.15. The molecule has 1 aromatic heterocycles. The van der Waals surface area contributed by atoms with Crippen LogP contribution in [0.2, 0.25) is 0 Å². The smallest absolute Gasteiger partial charge is 0.335 e. The molecule has 0 aliphatic carbocycles. The van der Waals surface area contributed by atoms with E-state index in [2.05, 4.69) is 15.5 Å². The third-order valence-corrected chi connectivity index (χ3v) is 2.92. The predicted octanol–water partition coefficient (Wildman–Crippen LogP) is 2.17. The van der Waals surface area contributed by atoms with Gasteiger partial charge in [0.2, 0.25) is 0 Å². The van der Waals surface area contributed by atoms with Crippen LogP contribution in [0.15, 0.2) is 48.5 Å². The maximum absolute atomic E-state index is 14.0. The fraction of sp³-hybridized carbons (Fsp3) is 0. The number of tetrazole rings is 1. The average Bonchev–Trinajstić information content (AvgIpc) is 2.97. The van der Waals surface area contributed by atoms with Gasteiger partial charge in [-0.05, 0) is 28.6 Å². The van der Waals surface area contributed by atoms with Crippen molar-refractivity contribution in [1.82, 2.24) is 20.2 Å². The molecule has 0 unspecified atom stereocenters. The van der Waals surface area contributed by atoms with Crippen LogP contribution in [0.3, 0.4) is 0 Å². The summed E-state index contributed by atoms with van der Waals surface area (Å²) in [6, 6.07) is 12.5. The summed E-state index contributed by atoms with van der Waals surface area (Å²) in [4.78, 5) is 11.0. The van der Waals surface area contributed by atoms with Gasteiger partial charge in [0.1, 0.15) is 11.5 Å². The average molecular weight is 284 g/mol. The molecule has 1 N–H and O–H groups in total. The Balaban J connectivity index is 2.17. The summed E-state index contributed by atoms with van der Waals surface area (Å²) in [5.74, 6) is -1.42. The Bertz CT molecular complexity index is 802. The van der Waals surface area contributed by atoms with E-state index >= 15 is 0 Å². The molecule has 3 aromatic rings. The number of carbonyl (C=O) groups is 1. The molecule has 0 fully saturated rings. The van der Waals surface area contributed by atoms with Gasteiger partial charge in [-0.25, -0.2) is 9.18 Å². The first-order valence-electron chi connectivity index (χ1n) is 6.04. The van der Waals surface area contributed by atoms with E-state index in [9.17, 15) is 9.18 Å². The van der Waals surface area contributed by atoms with E-state index in [0.717, 1.165) is 6.07 Å². The summed E-state index contributed by atoms with van der Waals surface area (Å²) >= 11 is 0. The minimum atomic E-state index is -1.15. The van der Waals surface area contributed by atoms with E-state index < -0.39 is 11.8 Å². The fourth-order valence-corrected chi connectivity index (χ4v) is 1.92. The SMILES string of the molecule is O=C(O)c1ccc(F)c(-n2nnnc2-c2ccccc2)c1. The summed E-state index contributed by atoms with van der Waals surface area (Å²) < 4.78 is 15.2. The van der Waals surface area contributed by atoms with Crippen LogP contribution in [-0.2, 0) is 0 Å². The van der Waals surface area contributed by atoms with Crippen molar-refractivity contribution in [3.05, 3.63) is 59.9 Å². The van der Waals surface area contributed by atoms with Crippen LogP contribution in [0.1, 0.15) is 10.4 Å². The normalized spacial score (nSPS) is 10.5. The molecule has 0 radical (unpaired) electrons. The van der Waals surface area contributed by atoms with Gasteiger partial charge in [0.15, 0.2) is 5.82 Å². The number of rotatable bonds is 3. The lowest BCUT2D eigenvalue weighted by molar-refractivity contribution is 0.0697. The second-order valence-electron chi connectivity index (χ2n) is 4.25. The molecule has 0 aliphatic rings. The Morgan fingerprint density at radius 2 is 1.90 bits per heavy atom. The molecule has 3 rings (SSSR count). The molecule has 0 amide bonds. The second kappa shape index (κ2) is 5.12. The monoisotopic (exact) mass is 284 g/mol. The third-order valence-electron chi connectivity index (χ3n) is 2.92. The molecule has 0 atom stereocenters. The van der Waals surface area contributed by atoms with Crippen molar-refractivity contribution in [2.45, 2.75) is 0 Å². The van der Waals surface area contributed by atoms with Gasteiger partial charge in [-0.3, -0.25) is 0 Å². The highest BCUT2D eigenvalue weighted by Gasteiger charge is 2.16. The quantitative estimate of drug-likeness (QED) is 0.797. The fourth-order valence-electron chi connectivity index (χ4n) is 1.92. The van der Waals surface area contributed by atoms with Gasteiger partial charge in [0, 0.05) is 5.56 Å². The van der Waals surface area contributed by atoms with Gasteiger partial charge in [-0.2, -0.15) is 4.68 Å². The van der Waals surface area contributed by atoms with Crippen LogP contribution in [0.5, 0.6) is 0 Å². The van der Waals surface area contributed by atoms with E-state index in [1.807, 2.05) is 6.07 Å². The molecule has 0 saturated heterocycles. The number of carboxylic acid groups (broad SMARTS) is 1. The van der Waals surface area contributed by atoms with Gasteiger partial charge < -0.3 is 5.11 Å².